The van der Waals surface area contributed by atoms with Gasteiger partial charge in [-0.05, 0) is 30.2 Å². The molecule has 0 bridgehead atoms. The molecule has 0 fully saturated rings. The van der Waals surface area contributed by atoms with Crippen molar-refractivity contribution in [2.45, 2.75) is 43.9 Å². The number of hydrogen-bond donors (Lipinski definition) is 0. The fourth-order valence-corrected chi connectivity index (χ4v) is 5.04. The molecule has 4 nitrogen and oxygen atoms in total. The van der Waals surface area contributed by atoms with Gasteiger partial charge < -0.3 is 9.64 Å². The van der Waals surface area contributed by atoms with Gasteiger partial charge in [-0.1, -0.05) is 43.4 Å². The third kappa shape index (κ3) is 3.40. The fraction of sp³-hybridized carbons (Fsp3) is 0.500. The number of ether oxygens (including phenoxy) is 1. The molecular formula is C20H26ClN3OSi. The Morgan fingerprint density at radius 2 is 2.08 bits per heavy atom. The summed E-state index contributed by atoms with van der Waals surface area (Å²) in [7, 11) is -1.07. The van der Waals surface area contributed by atoms with Crippen LogP contribution >= 0.6 is 11.6 Å². The van der Waals surface area contributed by atoms with Crippen LogP contribution in [-0.2, 0) is 23.0 Å². The Morgan fingerprint density at radius 3 is 2.88 bits per heavy atom. The monoisotopic (exact) mass is 387 g/mol. The van der Waals surface area contributed by atoms with Crippen LogP contribution in [0.3, 0.4) is 0 Å². The van der Waals surface area contributed by atoms with Crippen LogP contribution in [0.4, 0.5) is 5.82 Å². The number of rotatable bonds is 5. The van der Waals surface area contributed by atoms with Crippen molar-refractivity contribution in [3.8, 4) is 0 Å². The molecule has 1 unspecified atom stereocenters. The van der Waals surface area contributed by atoms with Gasteiger partial charge in [-0.25, -0.2) is 9.97 Å². The number of aromatic nitrogens is 2. The molecule has 2 aromatic heterocycles. The third-order valence-corrected chi connectivity index (χ3v) is 7.38. The Morgan fingerprint density at radius 1 is 1.23 bits per heavy atom. The molecule has 0 saturated heterocycles. The number of fused-ring (bicyclic) bond motifs is 3. The van der Waals surface area contributed by atoms with Crippen LogP contribution < -0.4 is 4.90 Å². The highest BCUT2D eigenvalue weighted by Gasteiger charge is 2.47. The second-order valence-corrected chi connectivity index (χ2v) is 14.8. The van der Waals surface area contributed by atoms with Gasteiger partial charge in [0.25, 0.3) is 0 Å². The number of hydrogen-bond acceptors (Lipinski definition) is 4. The molecule has 6 heteroatoms. The molecule has 0 amide bonds. The zero-order valence-electron chi connectivity index (χ0n) is 15.8. The molecule has 0 N–H and O–H groups in total. The maximum absolute atomic E-state index is 6.12. The Kier molecular flexibility index (Phi) is 4.57. The van der Waals surface area contributed by atoms with Crippen molar-refractivity contribution in [1.29, 1.82) is 0 Å². The van der Waals surface area contributed by atoms with Gasteiger partial charge >= 0.3 is 0 Å². The standard InChI is InChI=1S/C20H26ClN3OSi/c1-26(2,3)10-9-25-14-24-13-20(16-5-4-8-22-19(16)24)11-15-6-7-18(21)23-17(15)12-20/h4-8H,9-14H2,1-3H3. The first-order valence-electron chi connectivity index (χ1n) is 9.29. The predicted molar refractivity (Wildman–Crippen MR) is 109 cm³/mol. The molecule has 0 aromatic carbocycles. The van der Waals surface area contributed by atoms with Crippen LogP contribution in [0.15, 0.2) is 30.5 Å². The van der Waals surface area contributed by atoms with Gasteiger partial charge in [0, 0.05) is 50.5 Å². The van der Waals surface area contributed by atoms with E-state index in [1.807, 2.05) is 18.3 Å². The maximum atomic E-state index is 6.12. The molecule has 0 radical (unpaired) electrons. The third-order valence-electron chi connectivity index (χ3n) is 5.46. The van der Waals surface area contributed by atoms with E-state index >= 15 is 0 Å². The maximum Gasteiger partial charge on any atom is 0.134 e. The summed E-state index contributed by atoms with van der Waals surface area (Å²) in [5, 5.41) is 0.580. The molecule has 0 saturated carbocycles. The molecule has 2 aromatic rings. The molecule has 2 aliphatic rings. The Labute approximate surface area is 161 Å². The number of pyridine rings is 2. The molecule has 1 spiro atoms. The Bertz CT molecular complexity index is 823. The summed E-state index contributed by atoms with van der Waals surface area (Å²) in [6, 6.07) is 9.48. The normalized spacial score (nSPS) is 21.3. The molecule has 1 aliphatic heterocycles. The van der Waals surface area contributed by atoms with E-state index in [0.29, 0.717) is 11.9 Å². The van der Waals surface area contributed by atoms with Gasteiger partial charge in [0.05, 0.1) is 0 Å². The first kappa shape index (κ1) is 18.0. The van der Waals surface area contributed by atoms with Gasteiger partial charge in [-0.3, -0.25) is 0 Å². The summed E-state index contributed by atoms with van der Waals surface area (Å²) in [5.74, 6) is 1.07. The predicted octanol–water partition coefficient (Wildman–Crippen LogP) is 4.30. The van der Waals surface area contributed by atoms with Crippen LogP contribution in [0.5, 0.6) is 0 Å². The summed E-state index contributed by atoms with van der Waals surface area (Å²) >= 11 is 6.12. The van der Waals surface area contributed by atoms with Crippen molar-refractivity contribution in [3.63, 3.8) is 0 Å². The quantitative estimate of drug-likeness (QED) is 0.435. The van der Waals surface area contributed by atoms with Gasteiger partial charge in [0.1, 0.15) is 17.7 Å². The van der Waals surface area contributed by atoms with E-state index in [0.717, 1.165) is 37.5 Å². The van der Waals surface area contributed by atoms with E-state index in [1.54, 1.807) is 0 Å². The van der Waals surface area contributed by atoms with Gasteiger partial charge in [-0.15, -0.1) is 0 Å². The van der Waals surface area contributed by atoms with Crippen LogP contribution in [0, 0.1) is 0 Å². The zero-order chi connectivity index (χ0) is 18.4. The average molecular weight is 388 g/mol. The second-order valence-electron chi connectivity index (χ2n) is 8.79. The lowest BCUT2D eigenvalue weighted by Crippen LogP contribution is -2.36. The summed E-state index contributed by atoms with van der Waals surface area (Å²) in [4.78, 5) is 11.5. The van der Waals surface area contributed by atoms with Crippen molar-refractivity contribution in [2.75, 3.05) is 24.8 Å². The molecule has 26 heavy (non-hydrogen) atoms. The Balaban J connectivity index is 1.53. The first-order valence-corrected chi connectivity index (χ1v) is 13.4. The topological polar surface area (TPSA) is 38.2 Å². The SMILES string of the molecule is C[Si](C)(C)CCOCN1CC2(Cc3ccc(Cl)nc3C2)c2cccnc21. The fourth-order valence-electron chi connectivity index (χ4n) is 4.12. The van der Waals surface area contributed by atoms with Crippen molar-refractivity contribution < 1.29 is 4.74 Å². The molecule has 4 rings (SSSR count). The van der Waals surface area contributed by atoms with E-state index in [4.69, 9.17) is 16.3 Å². The minimum Gasteiger partial charge on any atom is -0.361 e. The number of anilines is 1. The van der Waals surface area contributed by atoms with Gasteiger partial charge in [-0.2, -0.15) is 0 Å². The smallest absolute Gasteiger partial charge is 0.134 e. The van der Waals surface area contributed by atoms with Crippen LogP contribution in [-0.4, -0.2) is 37.9 Å². The van der Waals surface area contributed by atoms with E-state index in [9.17, 15) is 0 Å². The molecule has 138 valence electrons. The summed E-state index contributed by atoms with van der Waals surface area (Å²) in [6.07, 6.45) is 3.80. The highest BCUT2D eigenvalue weighted by Crippen LogP contribution is 2.47. The Hall–Kier alpha value is -1.43. The van der Waals surface area contributed by atoms with Crippen molar-refractivity contribution in [3.05, 3.63) is 52.4 Å². The molecule has 1 aliphatic carbocycles. The lowest BCUT2D eigenvalue weighted by molar-refractivity contribution is 0.145. The number of nitrogens with zero attached hydrogens (tertiary/aromatic N) is 3. The van der Waals surface area contributed by atoms with Crippen molar-refractivity contribution >= 4 is 25.5 Å². The molecule has 1 atom stereocenters. The lowest BCUT2D eigenvalue weighted by Gasteiger charge is -2.25. The van der Waals surface area contributed by atoms with Gasteiger partial charge in [0.2, 0.25) is 0 Å². The minimum absolute atomic E-state index is 0.0474. The summed E-state index contributed by atoms with van der Waals surface area (Å²) in [5.41, 5.74) is 3.81. The van der Waals surface area contributed by atoms with E-state index in [1.165, 1.54) is 17.2 Å². The van der Waals surface area contributed by atoms with Crippen LogP contribution in [0.1, 0.15) is 16.8 Å². The van der Waals surface area contributed by atoms with Gasteiger partial charge in [0.15, 0.2) is 0 Å². The second kappa shape index (κ2) is 6.62. The van der Waals surface area contributed by atoms with E-state index in [-0.39, 0.29) is 5.41 Å². The highest BCUT2D eigenvalue weighted by molar-refractivity contribution is 6.76. The van der Waals surface area contributed by atoms with Crippen LogP contribution in [0.25, 0.3) is 0 Å². The molecular weight excluding hydrogens is 362 g/mol. The van der Waals surface area contributed by atoms with E-state index < -0.39 is 8.07 Å². The highest BCUT2D eigenvalue weighted by atomic mass is 35.5. The average Bonchev–Trinajstić information content (AvgIpc) is 3.09. The zero-order valence-corrected chi connectivity index (χ0v) is 17.5. The minimum atomic E-state index is -1.07. The largest absolute Gasteiger partial charge is 0.361 e. The van der Waals surface area contributed by atoms with E-state index in [2.05, 4.69) is 46.6 Å². The molecule has 3 heterocycles. The van der Waals surface area contributed by atoms with Crippen molar-refractivity contribution in [2.24, 2.45) is 0 Å². The first-order chi connectivity index (χ1) is 12.4. The summed E-state index contributed by atoms with van der Waals surface area (Å²) in [6.45, 7) is 9.52. The van der Waals surface area contributed by atoms with Crippen molar-refractivity contribution in [1.82, 2.24) is 9.97 Å². The van der Waals surface area contributed by atoms with Crippen LogP contribution in [0.2, 0.25) is 30.8 Å². The lowest BCUT2D eigenvalue weighted by atomic mass is 9.80. The number of halogens is 1. The summed E-state index contributed by atoms with van der Waals surface area (Å²) < 4.78 is 6.03.